The van der Waals surface area contributed by atoms with E-state index in [1.54, 1.807) is 0 Å². The van der Waals surface area contributed by atoms with E-state index in [2.05, 4.69) is 20.8 Å². The second-order valence-electron chi connectivity index (χ2n) is 4.32. The van der Waals surface area contributed by atoms with Crippen molar-refractivity contribution in [3.63, 3.8) is 0 Å². The topological polar surface area (TPSA) is 0 Å². The predicted molar refractivity (Wildman–Crippen MR) is 50.6 cm³/mol. The van der Waals surface area contributed by atoms with Crippen LogP contribution in [0.5, 0.6) is 0 Å². The van der Waals surface area contributed by atoms with Crippen molar-refractivity contribution in [2.45, 2.75) is 52.9 Å². The molecule has 11 heavy (non-hydrogen) atoms. The van der Waals surface area contributed by atoms with Crippen LogP contribution in [-0.2, 0) is 0 Å². The fourth-order valence-electron chi connectivity index (χ4n) is 2.47. The van der Waals surface area contributed by atoms with Gasteiger partial charge in [0.05, 0.1) is 0 Å². The molecular formula is C11H22. The Labute approximate surface area is 71.4 Å². The highest BCUT2D eigenvalue weighted by molar-refractivity contribution is 4.76. The Morgan fingerprint density at radius 3 is 2.55 bits per heavy atom. The van der Waals surface area contributed by atoms with Gasteiger partial charge in [0, 0.05) is 0 Å². The van der Waals surface area contributed by atoms with Crippen molar-refractivity contribution in [1.29, 1.82) is 0 Å². The summed E-state index contributed by atoms with van der Waals surface area (Å²) in [5.41, 5.74) is 0. The van der Waals surface area contributed by atoms with Crippen LogP contribution < -0.4 is 0 Å². The van der Waals surface area contributed by atoms with Crippen LogP contribution in [0.3, 0.4) is 0 Å². The molecule has 0 saturated heterocycles. The van der Waals surface area contributed by atoms with Gasteiger partial charge in [-0.25, -0.2) is 0 Å². The predicted octanol–water partition coefficient (Wildman–Crippen LogP) is 3.86. The quantitative estimate of drug-likeness (QED) is 0.566. The standard InChI is InChI=1S/C11H22/c1-4-6-11-8-5-7-9(2)10(11)3/h9-11H,4-8H2,1-3H3/t9-,10-,11+/m0/s1. The molecule has 0 aromatic heterocycles. The molecule has 0 bridgehead atoms. The minimum atomic E-state index is 0.986. The van der Waals surface area contributed by atoms with Crippen LogP contribution in [0, 0.1) is 17.8 Å². The van der Waals surface area contributed by atoms with Crippen molar-refractivity contribution in [3.05, 3.63) is 0 Å². The lowest BCUT2D eigenvalue weighted by atomic mass is 9.72. The molecule has 0 radical (unpaired) electrons. The zero-order valence-corrected chi connectivity index (χ0v) is 8.27. The van der Waals surface area contributed by atoms with E-state index in [4.69, 9.17) is 0 Å². The van der Waals surface area contributed by atoms with E-state index in [1.165, 1.54) is 32.1 Å². The zero-order valence-electron chi connectivity index (χ0n) is 8.27. The van der Waals surface area contributed by atoms with Crippen molar-refractivity contribution in [2.24, 2.45) is 17.8 Å². The van der Waals surface area contributed by atoms with Crippen molar-refractivity contribution >= 4 is 0 Å². The number of hydrogen-bond donors (Lipinski definition) is 0. The Morgan fingerprint density at radius 2 is 1.91 bits per heavy atom. The Kier molecular flexibility index (Phi) is 3.42. The smallest absolute Gasteiger partial charge is 0.0386 e. The molecule has 1 aliphatic carbocycles. The molecule has 1 fully saturated rings. The average molecular weight is 154 g/mol. The molecule has 0 N–H and O–H groups in total. The van der Waals surface area contributed by atoms with Gasteiger partial charge in [-0.15, -0.1) is 0 Å². The zero-order chi connectivity index (χ0) is 8.27. The largest absolute Gasteiger partial charge is 0.0654 e. The van der Waals surface area contributed by atoms with Crippen LogP contribution in [-0.4, -0.2) is 0 Å². The summed E-state index contributed by atoms with van der Waals surface area (Å²) in [5.74, 6) is 3.02. The highest BCUT2D eigenvalue weighted by Crippen LogP contribution is 2.36. The summed E-state index contributed by atoms with van der Waals surface area (Å²) in [6, 6.07) is 0. The Morgan fingerprint density at radius 1 is 1.18 bits per heavy atom. The minimum absolute atomic E-state index is 0.986. The van der Waals surface area contributed by atoms with Crippen LogP contribution in [0.25, 0.3) is 0 Å². The van der Waals surface area contributed by atoms with Gasteiger partial charge in [-0.05, 0) is 17.8 Å². The third-order valence-electron chi connectivity index (χ3n) is 3.53. The second-order valence-corrected chi connectivity index (χ2v) is 4.32. The van der Waals surface area contributed by atoms with Gasteiger partial charge in [0.2, 0.25) is 0 Å². The summed E-state index contributed by atoms with van der Waals surface area (Å²) in [6.45, 7) is 7.18. The first-order valence-electron chi connectivity index (χ1n) is 5.25. The van der Waals surface area contributed by atoms with E-state index >= 15 is 0 Å². The Bertz CT molecular complexity index is 105. The third-order valence-corrected chi connectivity index (χ3v) is 3.53. The SMILES string of the molecule is CCC[C@@H]1CCC[C@H](C)[C@@H]1C. The van der Waals surface area contributed by atoms with Crippen molar-refractivity contribution in [1.82, 2.24) is 0 Å². The Balaban J connectivity index is 2.38. The second kappa shape index (κ2) is 4.13. The first kappa shape index (κ1) is 9.09. The van der Waals surface area contributed by atoms with Crippen LogP contribution in [0.4, 0.5) is 0 Å². The van der Waals surface area contributed by atoms with E-state index in [0.717, 1.165) is 17.8 Å². The van der Waals surface area contributed by atoms with Crippen LogP contribution in [0.1, 0.15) is 52.9 Å². The molecule has 3 atom stereocenters. The lowest BCUT2D eigenvalue weighted by Crippen LogP contribution is -2.23. The molecule has 0 heterocycles. The molecule has 0 heteroatoms. The van der Waals surface area contributed by atoms with Crippen molar-refractivity contribution in [3.8, 4) is 0 Å². The molecule has 0 aromatic carbocycles. The van der Waals surface area contributed by atoms with Crippen LogP contribution in [0.2, 0.25) is 0 Å². The molecule has 1 aliphatic rings. The summed E-state index contributed by atoms with van der Waals surface area (Å²) < 4.78 is 0. The van der Waals surface area contributed by atoms with Gasteiger partial charge in [-0.3, -0.25) is 0 Å². The summed E-state index contributed by atoms with van der Waals surface area (Å²) in [6.07, 6.45) is 7.30. The summed E-state index contributed by atoms with van der Waals surface area (Å²) in [5, 5.41) is 0. The van der Waals surface area contributed by atoms with Crippen molar-refractivity contribution < 1.29 is 0 Å². The van der Waals surface area contributed by atoms with E-state index in [-0.39, 0.29) is 0 Å². The van der Waals surface area contributed by atoms with E-state index < -0.39 is 0 Å². The normalized spacial score (nSPS) is 39.0. The van der Waals surface area contributed by atoms with Gasteiger partial charge in [0.25, 0.3) is 0 Å². The first-order chi connectivity index (χ1) is 5.25. The van der Waals surface area contributed by atoms with Gasteiger partial charge in [0.15, 0.2) is 0 Å². The highest BCUT2D eigenvalue weighted by Gasteiger charge is 2.25. The maximum Gasteiger partial charge on any atom is -0.0386 e. The van der Waals surface area contributed by atoms with Gasteiger partial charge >= 0.3 is 0 Å². The molecule has 1 saturated carbocycles. The average Bonchev–Trinajstić information content (AvgIpc) is 1.99. The van der Waals surface area contributed by atoms with E-state index in [0.29, 0.717) is 0 Å². The maximum absolute atomic E-state index is 2.45. The molecule has 0 aliphatic heterocycles. The lowest BCUT2D eigenvalue weighted by molar-refractivity contribution is 0.172. The van der Waals surface area contributed by atoms with Crippen molar-refractivity contribution in [2.75, 3.05) is 0 Å². The molecule has 0 aromatic rings. The molecule has 0 nitrogen and oxygen atoms in total. The van der Waals surface area contributed by atoms with Gasteiger partial charge < -0.3 is 0 Å². The van der Waals surface area contributed by atoms with Gasteiger partial charge in [0.1, 0.15) is 0 Å². The van der Waals surface area contributed by atoms with Gasteiger partial charge in [-0.1, -0.05) is 52.9 Å². The number of rotatable bonds is 2. The molecule has 1 rings (SSSR count). The summed E-state index contributed by atoms with van der Waals surface area (Å²) in [7, 11) is 0. The van der Waals surface area contributed by atoms with Crippen LogP contribution >= 0.6 is 0 Å². The molecule has 0 unspecified atom stereocenters. The van der Waals surface area contributed by atoms with Gasteiger partial charge in [-0.2, -0.15) is 0 Å². The molecular weight excluding hydrogens is 132 g/mol. The fourth-order valence-corrected chi connectivity index (χ4v) is 2.47. The minimum Gasteiger partial charge on any atom is -0.0654 e. The monoisotopic (exact) mass is 154 g/mol. The molecule has 0 amide bonds. The van der Waals surface area contributed by atoms with E-state index in [9.17, 15) is 0 Å². The molecule has 0 spiro atoms. The lowest BCUT2D eigenvalue weighted by Gasteiger charge is -2.33. The Hall–Kier alpha value is 0. The fraction of sp³-hybridized carbons (Fsp3) is 1.00. The first-order valence-corrected chi connectivity index (χ1v) is 5.25. The number of hydrogen-bond acceptors (Lipinski definition) is 0. The summed E-state index contributed by atoms with van der Waals surface area (Å²) >= 11 is 0. The highest BCUT2D eigenvalue weighted by atomic mass is 14.3. The van der Waals surface area contributed by atoms with Crippen LogP contribution in [0.15, 0.2) is 0 Å². The van der Waals surface area contributed by atoms with E-state index in [1.807, 2.05) is 0 Å². The molecule has 66 valence electrons. The summed E-state index contributed by atoms with van der Waals surface area (Å²) in [4.78, 5) is 0. The maximum atomic E-state index is 2.45. The third kappa shape index (κ3) is 2.21.